The molecule has 0 saturated carbocycles. The lowest BCUT2D eigenvalue weighted by molar-refractivity contribution is -0.128. The van der Waals surface area contributed by atoms with Crippen LogP contribution in [0, 0.1) is 13.8 Å². The molecule has 1 aromatic heterocycles. The van der Waals surface area contributed by atoms with Crippen LogP contribution in [0.4, 0.5) is 0 Å². The van der Waals surface area contributed by atoms with E-state index < -0.39 is 5.25 Å². The van der Waals surface area contributed by atoms with Gasteiger partial charge in [-0.3, -0.25) is 9.36 Å². The number of likely N-dealkylation sites (N-methyl/N-ethyl adjacent to an activating group) is 1. The van der Waals surface area contributed by atoms with Crippen molar-refractivity contribution in [3.8, 4) is 11.4 Å². The summed E-state index contributed by atoms with van der Waals surface area (Å²) in [5.74, 6) is 1.51. The largest absolute Gasteiger partial charge is 0.485 e. The summed E-state index contributed by atoms with van der Waals surface area (Å²) in [6.07, 6.45) is 0. The van der Waals surface area contributed by atoms with Crippen LogP contribution in [0.1, 0.15) is 27.8 Å². The molecule has 0 aliphatic carbocycles. The minimum Gasteiger partial charge on any atom is -0.485 e. The number of carbonyl (C=O) groups is 1. The molecule has 0 fully saturated rings. The van der Waals surface area contributed by atoms with Gasteiger partial charge in [0, 0.05) is 19.8 Å². The first-order valence-electron chi connectivity index (χ1n) is 11.1. The lowest BCUT2D eigenvalue weighted by Gasteiger charge is -2.20. The molecule has 0 N–H and O–H groups in total. The molecule has 7 heteroatoms. The summed E-state index contributed by atoms with van der Waals surface area (Å²) in [6, 6.07) is 25.8. The Morgan fingerprint density at radius 1 is 0.912 bits per heavy atom. The predicted molar refractivity (Wildman–Crippen MR) is 135 cm³/mol. The summed E-state index contributed by atoms with van der Waals surface area (Å²) in [5.41, 5.74) is 3.98. The smallest absolute Gasteiger partial charge is 0.240 e. The normalized spacial score (nSPS) is 11.8. The van der Waals surface area contributed by atoms with Crippen molar-refractivity contribution in [2.75, 3.05) is 14.1 Å². The number of carbonyl (C=O) groups excluding carboxylic acids is 1. The van der Waals surface area contributed by atoms with Crippen LogP contribution >= 0.6 is 11.8 Å². The van der Waals surface area contributed by atoms with Crippen LogP contribution in [0.25, 0.3) is 5.69 Å². The molecule has 1 atom stereocenters. The zero-order valence-electron chi connectivity index (χ0n) is 19.8. The molecule has 1 amide bonds. The second-order valence-electron chi connectivity index (χ2n) is 8.22. The van der Waals surface area contributed by atoms with Gasteiger partial charge in [0.25, 0.3) is 0 Å². The van der Waals surface area contributed by atoms with Gasteiger partial charge in [-0.2, -0.15) is 0 Å². The van der Waals surface area contributed by atoms with Crippen molar-refractivity contribution >= 4 is 17.7 Å². The number of nitrogens with zero attached hydrogens (tertiary/aromatic N) is 4. The first-order chi connectivity index (χ1) is 16.5. The second kappa shape index (κ2) is 10.6. The first-order valence-corrected chi connectivity index (χ1v) is 11.9. The summed E-state index contributed by atoms with van der Waals surface area (Å²) in [6.45, 7) is 4.32. The fourth-order valence-electron chi connectivity index (χ4n) is 3.70. The third-order valence-corrected chi connectivity index (χ3v) is 6.64. The van der Waals surface area contributed by atoms with E-state index in [-0.39, 0.29) is 12.5 Å². The zero-order valence-corrected chi connectivity index (χ0v) is 20.6. The molecule has 3 aromatic carbocycles. The third kappa shape index (κ3) is 5.15. The van der Waals surface area contributed by atoms with E-state index in [4.69, 9.17) is 4.74 Å². The number of benzene rings is 3. The number of ether oxygens (including phenoxy) is 1. The molecule has 0 spiro atoms. The van der Waals surface area contributed by atoms with Crippen LogP contribution < -0.4 is 4.74 Å². The van der Waals surface area contributed by atoms with Crippen LogP contribution in [0.15, 0.2) is 84.0 Å². The van der Waals surface area contributed by atoms with Gasteiger partial charge in [0.1, 0.15) is 17.6 Å². The Morgan fingerprint density at radius 3 is 2.15 bits per heavy atom. The Morgan fingerprint density at radius 2 is 1.53 bits per heavy atom. The monoisotopic (exact) mass is 472 g/mol. The van der Waals surface area contributed by atoms with E-state index >= 15 is 0 Å². The van der Waals surface area contributed by atoms with E-state index in [0.29, 0.717) is 11.0 Å². The van der Waals surface area contributed by atoms with E-state index in [9.17, 15) is 4.79 Å². The SMILES string of the molecule is Cc1cccc(C)c1OCc1nnc(S[C@H](C(=O)N(C)C)c2ccccc2)n1-c1ccccc1. The van der Waals surface area contributed by atoms with Gasteiger partial charge in [-0.25, -0.2) is 0 Å². The Kier molecular flexibility index (Phi) is 7.33. The summed E-state index contributed by atoms with van der Waals surface area (Å²) in [4.78, 5) is 14.7. The minimum absolute atomic E-state index is 0.00727. The molecular formula is C27H28N4O2S. The van der Waals surface area contributed by atoms with Crippen molar-refractivity contribution in [2.24, 2.45) is 0 Å². The molecule has 4 aromatic rings. The maximum Gasteiger partial charge on any atom is 0.240 e. The average Bonchev–Trinajstić information content (AvgIpc) is 3.25. The van der Waals surface area contributed by atoms with E-state index in [0.717, 1.165) is 28.1 Å². The summed E-state index contributed by atoms with van der Waals surface area (Å²) >= 11 is 1.39. The lowest BCUT2D eigenvalue weighted by atomic mass is 10.1. The number of rotatable bonds is 8. The van der Waals surface area contributed by atoms with Crippen molar-refractivity contribution in [1.29, 1.82) is 0 Å². The van der Waals surface area contributed by atoms with Gasteiger partial charge < -0.3 is 9.64 Å². The molecule has 0 aliphatic heterocycles. The van der Waals surface area contributed by atoms with Crippen molar-refractivity contribution in [2.45, 2.75) is 30.9 Å². The highest BCUT2D eigenvalue weighted by molar-refractivity contribution is 8.00. The fourth-order valence-corrected chi connectivity index (χ4v) is 4.92. The Labute approximate surface area is 204 Å². The highest BCUT2D eigenvalue weighted by Gasteiger charge is 2.27. The molecular weight excluding hydrogens is 444 g/mol. The second-order valence-corrected chi connectivity index (χ2v) is 9.29. The van der Waals surface area contributed by atoms with E-state index in [1.54, 1.807) is 19.0 Å². The number of hydrogen-bond acceptors (Lipinski definition) is 5. The molecule has 0 aliphatic rings. The molecule has 1 heterocycles. The van der Waals surface area contributed by atoms with Crippen LogP contribution in [0.3, 0.4) is 0 Å². The van der Waals surface area contributed by atoms with Gasteiger partial charge in [-0.05, 0) is 42.7 Å². The Balaban J connectivity index is 1.71. The molecule has 4 rings (SSSR count). The molecule has 6 nitrogen and oxygen atoms in total. The van der Waals surface area contributed by atoms with Crippen LogP contribution in [-0.2, 0) is 11.4 Å². The molecule has 174 valence electrons. The maximum atomic E-state index is 13.1. The first kappa shape index (κ1) is 23.6. The van der Waals surface area contributed by atoms with Crippen LogP contribution in [-0.4, -0.2) is 39.7 Å². The third-order valence-electron chi connectivity index (χ3n) is 5.46. The molecule has 0 saturated heterocycles. The number of amides is 1. The van der Waals surface area contributed by atoms with E-state index in [1.165, 1.54) is 11.8 Å². The van der Waals surface area contributed by atoms with Crippen molar-refractivity contribution in [3.63, 3.8) is 0 Å². The summed E-state index contributed by atoms with van der Waals surface area (Å²) < 4.78 is 8.17. The predicted octanol–water partition coefficient (Wildman–Crippen LogP) is 5.38. The average molecular weight is 473 g/mol. The number of aryl methyl sites for hydroxylation is 2. The minimum atomic E-state index is -0.449. The van der Waals surface area contributed by atoms with Gasteiger partial charge in [0.05, 0.1) is 0 Å². The van der Waals surface area contributed by atoms with Gasteiger partial charge in [0.15, 0.2) is 11.0 Å². The summed E-state index contributed by atoms with van der Waals surface area (Å²) in [5, 5.41) is 9.13. The zero-order chi connectivity index (χ0) is 24.1. The number of thioether (sulfide) groups is 1. The quantitative estimate of drug-likeness (QED) is 0.322. The molecule has 0 radical (unpaired) electrons. The standard InChI is InChI=1S/C27H28N4O2S/c1-19-12-11-13-20(2)24(19)33-18-23-28-29-27(31(23)22-16-9-6-10-17-22)34-25(26(32)30(3)4)21-14-7-5-8-15-21/h5-17,25H,18H2,1-4H3/t25-/m0/s1. The summed E-state index contributed by atoms with van der Waals surface area (Å²) in [7, 11) is 3.54. The lowest BCUT2D eigenvalue weighted by Crippen LogP contribution is -2.27. The highest BCUT2D eigenvalue weighted by atomic mass is 32.2. The number of hydrogen-bond donors (Lipinski definition) is 0. The maximum absolute atomic E-state index is 13.1. The Hall–Kier alpha value is -3.58. The van der Waals surface area contributed by atoms with Gasteiger partial charge in [-0.15, -0.1) is 10.2 Å². The van der Waals surface area contributed by atoms with Gasteiger partial charge in [0.2, 0.25) is 5.91 Å². The molecule has 0 bridgehead atoms. The van der Waals surface area contributed by atoms with E-state index in [2.05, 4.69) is 10.2 Å². The van der Waals surface area contributed by atoms with Crippen molar-refractivity contribution in [1.82, 2.24) is 19.7 Å². The van der Waals surface area contributed by atoms with Crippen molar-refractivity contribution < 1.29 is 9.53 Å². The molecule has 34 heavy (non-hydrogen) atoms. The number of para-hydroxylation sites is 2. The highest BCUT2D eigenvalue weighted by Crippen LogP contribution is 2.37. The van der Waals surface area contributed by atoms with Gasteiger partial charge >= 0.3 is 0 Å². The topological polar surface area (TPSA) is 60.3 Å². The molecule has 0 unspecified atom stereocenters. The van der Waals surface area contributed by atoms with E-state index in [1.807, 2.05) is 97.3 Å². The van der Waals surface area contributed by atoms with Crippen LogP contribution in [0.2, 0.25) is 0 Å². The van der Waals surface area contributed by atoms with Crippen molar-refractivity contribution in [3.05, 3.63) is 101 Å². The van der Waals surface area contributed by atoms with Crippen LogP contribution in [0.5, 0.6) is 5.75 Å². The van der Waals surface area contributed by atoms with Gasteiger partial charge in [-0.1, -0.05) is 78.5 Å². The number of aromatic nitrogens is 3. The fraction of sp³-hybridized carbons (Fsp3) is 0.222. The Bertz CT molecular complexity index is 1240.